The minimum absolute atomic E-state index is 0.0152. The fraction of sp³-hybridized carbons (Fsp3) is 0.481. The molecule has 2 aromatic carbocycles. The van der Waals surface area contributed by atoms with Gasteiger partial charge in [-0.3, -0.25) is 9.59 Å². The van der Waals surface area contributed by atoms with E-state index in [4.69, 9.17) is 9.47 Å². The molecule has 2 amide bonds. The minimum Gasteiger partial charge on any atom is -0.486 e. The van der Waals surface area contributed by atoms with E-state index >= 15 is 0 Å². The van der Waals surface area contributed by atoms with E-state index in [1.807, 2.05) is 50.2 Å². The summed E-state index contributed by atoms with van der Waals surface area (Å²) in [5, 5.41) is 6.11. The van der Waals surface area contributed by atoms with Crippen molar-refractivity contribution in [1.29, 1.82) is 0 Å². The first-order valence-electron chi connectivity index (χ1n) is 12.0. The number of hydrogen-bond donors (Lipinski definition) is 2. The quantitative estimate of drug-likeness (QED) is 0.642. The molecule has 1 aliphatic heterocycles. The lowest BCUT2D eigenvalue weighted by atomic mass is 9.78. The number of benzene rings is 2. The molecule has 1 atom stereocenters. The van der Waals surface area contributed by atoms with E-state index in [0.717, 1.165) is 42.7 Å². The summed E-state index contributed by atoms with van der Waals surface area (Å²) in [5.41, 5.74) is 1.99. The Morgan fingerprint density at radius 2 is 1.67 bits per heavy atom. The summed E-state index contributed by atoms with van der Waals surface area (Å²) in [6, 6.07) is 15.2. The van der Waals surface area contributed by atoms with Gasteiger partial charge >= 0.3 is 0 Å². The zero-order valence-electron chi connectivity index (χ0n) is 19.6. The number of nitrogens with one attached hydrogen (secondary N) is 2. The van der Waals surface area contributed by atoms with Gasteiger partial charge in [0.15, 0.2) is 11.5 Å². The SMILES string of the molecule is CC(C)C(NC(=O)Cc1ccccc1)C(=O)NCC1(c2ccc3c(c2)OCCO3)CCCC1. The van der Waals surface area contributed by atoms with Crippen LogP contribution in [0.1, 0.15) is 50.7 Å². The van der Waals surface area contributed by atoms with Gasteiger partial charge in [0.05, 0.1) is 6.42 Å². The molecule has 1 fully saturated rings. The zero-order chi connectivity index (χ0) is 23.3. The highest BCUT2D eigenvalue weighted by Crippen LogP contribution is 2.43. The second kappa shape index (κ2) is 10.3. The summed E-state index contributed by atoms with van der Waals surface area (Å²) in [5.74, 6) is 1.28. The Labute approximate surface area is 196 Å². The molecule has 1 saturated carbocycles. The fourth-order valence-electron chi connectivity index (χ4n) is 4.90. The van der Waals surface area contributed by atoms with Crippen LogP contribution in [0.2, 0.25) is 0 Å². The molecule has 1 unspecified atom stereocenters. The first kappa shape index (κ1) is 23.1. The molecule has 2 aliphatic rings. The molecule has 0 spiro atoms. The topological polar surface area (TPSA) is 76.7 Å². The summed E-state index contributed by atoms with van der Waals surface area (Å²) >= 11 is 0. The number of fused-ring (bicyclic) bond motifs is 1. The second-order valence-corrected chi connectivity index (χ2v) is 9.52. The van der Waals surface area contributed by atoms with E-state index < -0.39 is 6.04 Å². The Morgan fingerprint density at radius 1 is 0.970 bits per heavy atom. The van der Waals surface area contributed by atoms with Gasteiger partial charge in [-0.1, -0.05) is 63.1 Å². The number of carbonyl (C=O) groups is 2. The molecule has 1 aliphatic carbocycles. The third-order valence-corrected chi connectivity index (χ3v) is 6.79. The number of hydrogen-bond acceptors (Lipinski definition) is 4. The van der Waals surface area contributed by atoms with E-state index in [-0.39, 0.29) is 29.6 Å². The van der Waals surface area contributed by atoms with E-state index in [2.05, 4.69) is 22.8 Å². The van der Waals surface area contributed by atoms with Crippen LogP contribution in [0, 0.1) is 5.92 Å². The lowest BCUT2D eigenvalue weighted by Gasteiger charge is -2.32. The van der Waals surface area contributed by atoms with Gasteiger partial charge in [-0.15, -0.1) is 0 Å². The van der Waals surface area contributed by atoms with Gasteiger partial charge in [0.2, 0.25) is 11.8 Å². The zero-order valence-corrected chi connectivity index (χ0v) is 19.6. The van der Waals surface area contributed by atoms with Crippen molar-refractivity contribution in [1.82, 2.24) is 10.6 Å². The number of amides is 2. The van der Waals surface area contributed by atoms with Gasteiger partial charge in [-0.25, -0.2) is 0 Å². The molecule has 0 aromatic heterocycles. The van der Waals surface area contributed by atoms with Gasteiger partial charge in [0.1, 0.15) is 19.3 Å². The monoisotopic (exact) mass is 450 g/mol. The van der Waals surface area contributed by atoms with Crippen molar-refractivity contribution < 1.29 is 19.1 Å². The number of carbonyl (C=O) groups excluding carboxylic acids is 2. The summed E-state index contributed by atoms with van der Waals surface area (Å²) in [6.45, 7) is 5.58. The van der Waals surface area contributed by atoms with Gasteiger partial charge in [-0.05, 0) is 42.0 Å². The maximum Gasteiger partial charge on any atom is 0.242 e. The van der Waals surface area contributed by atoms with Crippen LogP contribution < -0.4 is 20.1 Å². The lowest BCUT2D eigenvalue weighted by Crippen LogP contribution is -2.52. The van der Waals surface area contributed by atoms with Crippen LogP contribution in [-0.4, -0.2) is 37.6 Å². The minimum atomic E-state index is -0.570. The third-order valence-electron chi connectivity index (χ3n) is 6.79. The molecule has 6 nitrogen and oxygen atoms in total. The standard InChI is InChI=1S/C27H34N2O4/c1-19(2)25(29-24(30)16-20-8-4-3-5-9-20)26(31)28-18-27(12-6-7-13-27)21-10-11-22-23(17-21)33-15-14-32-22/h3-5,8-11,17,19,25H,6-7,12-16,18H2,1-2H3,(H,28,31)(H,29,30). The molecule has 176 valence electrons. The maximum absolute atomic E-state index is 13.2. The van der Waals surface area contributed by atoms with Crippen LogP contribution in [-0.2, 0) is 21.4 Å². The van der Waals surface area contributed by atoms with Crippen molar-refractivity contribution >= 4 is 11.8 Å². The van der Waals surface area contributed by atoms with E-state index in [0.29, 0.717) is 19.8 Å². The Morgan fingerprint density at radius 3 is 2.36 bits per heavy atom. The van der Waals surface area contributed by atoms with Crippen LogP contribution in [0.25, 0.3) is 0 Å². The third kappa shape index (κ3) is 5.49. The van der Waals surface area contributed by atoms with Crippen molar-refractivity contribution in [2.75, 3.05) is 19.8 Å². The average Bonchev–Trinajstić information content (AvgIpc) is 3.31. The van der Waals surface area contributed by atoms with E-state index in [1.165, 1.54) is 5.56 Å². The number of rotatable bonds is 8. The molecule has 33 heavy (non-hydrogen) atoms. The Balaban J connectivity index is 1.42. The van der Waals surface area contributed by atoms with Gasteiger partial charge in [0, 0.05) is 12.0 Å². The lowest BCUT2D eigenvalue weighted by molar-refractivity contribution is -0.130. The predicted molar refractivity (Wildman–Crippen MR) is 128 cm³/mol. The highest BCUT2D eigenvalue weighted by atomic mass is 16.6. The van der Waals surface area contributed by atoms with Crippen molar-refractivity contribution in [3.8, 4) is 11.5 Å². The highest BCUT2D eigenvalue weighted by molar-refractivity contribution is 5.88. The fourth-order valence-corrected chi connectivity index (χ4v) is 4.90. The highest BCUT2D eigenvalue weighted by Gasteiger charge is 2.37. The normalized spacial score (nSPS) is 17.4. The summed E-state index contributed by atoms with van der Waals surface area (Å²) in [6.07, 6.45) is 4.55. The van der Waals surface area contributed by atoms with E-state index in [9.17, 15) is 9.59 Å². The van der Waals surface area contributed by atoms with Crippen molar-refractivity contribution in [2.45, 2.75) is 57.4 Å². The average molecular weight is 451 g/mol. The summed E-state index contributed by atoms with van der Waals surface area (Å²) in [7, 11) is 0. The van der Waals surface area contributed by atoms with E-state index in [1.54, 1.807) is 0 Å². The van der Waals surface area contributed by atoms with Crippen LogP contribution >= 0.6 is 0 Å². The molecule has 0 radical (unpaired) electrons. The Kier molecular flexibility index (Phi) is 7.21. The maximum atomic E-state index is 13.2. The second-order valence-electron chi connectivity index (χ2n) is 9.52. The van der Waals surface area contributed by atoms with Gasteiger partial charge in [0.25, 0.3) is 0 Å². The molecule has 6 heteroatoms. The predicted octanol–water partition coefficient (Wildman–Crippen LogP) is 3.77. The summed E-state index contributed by atoms with van der Waals surface area (Å²) < 4.78 is 11.5. The van der Waals surface area contributed by atoms with Gasteiger partial charge < -0.3 is 20.1 Å². The van der Waals surface area contributed by atoms with Crippen molar-refractivity contribution in [2.24, 2.45) is 5.92 Å². The van der Waals surface area contributed by atoms with Crippen LogP contribution in [0.4, 0.5) is 0 Å². The number of ether oxygens (including phenoxy) is 2. The Hall–Kier alpha value is -3.02. The molecule has 2 N–H and O–H groups in total. The largest absolute Gasteiger partial charge is 0.486 e. The molecule has 2 aromatic rings. The van der Waals surface area contributed by atoms with Crippen molar-refractivity contribution in [3.63, 3.8) is 0 Å². The van der Waals surface area contributed by atoms with Crippen molar-refractivity contribution in [3.05, 3.63) is 59.7 Å². The smallest absolute Gasteiger partial charge is 0.242 e. The Bertz CT molecular complexity index is 967. The first-order chi connectivity index (χ1) is 16.0. The summed E-state index contributed by atoms with van der Waals surface area (Å²) in [4.78, 5) is 25.8. The molecule has 0 bridgehead atoms. The molecule has 0 saturated heterocycles. The first-order valence-corrected chi connectivity index (χ1v) is 12.0. The van der Waals surface area contributed by atoms with Crippen LogP contribution in [0.5, 0.6) is 11.5 Å². The van der Waals surface area contributed by atoms with Gasteiger partial charge in [-0.2, -0.15) is 0 Å². The molecule has 4 rings (SSSR count). The van der Waals surface area contributed by atoms with Crippen LogP contribution in [0.3, 0.4) is 0 Å². The van der Waals surface area contributed by atoms with Crippen LogP contribution in [0.15, 0.2) is 48.5 Å². The molecular formula is C27H34N2O4. The molecule has 1 heterocycles. The molecular weight excluding hydrogens is 416 g/mol.